The fraction of sp³-hybridized carbons (Fsp3) is 0.263. The normalized spacial score (nSPS) is 10.4. The predicted molar refractivity (Wildman–Crippen MR) is 99.4 cm³/mol. The van der Waals surface area contributed by atoms with Crippen molar-refractivity contribution in [3.8, 4) is 5.75 Å². The van der Waals surface area contributed by atoms with Gasteiger partial charge < -0.3 is 15.4 Å². The molecule has 0 bridgehead atoms. The Labute approximate surface area is 152 Å². The summed E-state index contributed by atoms with van der Waals surface area (Å²) in [5.41, 5.74) is 1.61. The van der Waals surface area contributed by atoms with Crippen LogP contribution in [0.3, 0.4) is 0 Å². The molecular weight excluding hydrogens is 340 g/mol. The molecule has 0 atom stereocenters. The van der Waals surface area contributed by atoms with Crippen LogP contribution in [0.15, 0.2) is 42.5 Å². The zero-order chi connectivity index (χ0) is 18.4. The summed E-state index contributed by atoms with van der Waals surface area (Å²) in [7, 11) is 1.59. The van der Waals surface area contributed by atoms with Crippen molar-refractivity contribution in [3.63, 3.8) is 0 Å². The van der Waals surface area contributed by atoms with Gasteiger partial charge in [0.1, 0.15) is 5.75 Å². The minimum absolute atomic E-state index is 0.00831. The summed E-state index contributed by atoms with van der Waals surface area (Å²) in [5, 5.41) is 6.02. The number of nitrogens with one attached hydrogen (secondary N) is 2. The van der Waals surface area contributed by atoms with Gasteiger partial charge in [-0.2, -0.15) is 0 Å². The summed E-state index contributed by atoms with van der Waals surface area (Å²) < 4.78 is 5.10. The highest BCUT2D eigenvalue weighted by Gasteiger charge is 2.15. The molecule has 2 aromatic carbocycles. The second kappa shape index (κ2) is 8.53. The average molecular weight is 361 g/mol. The molecule has 5 nitrogen and oxygen atoms in total. The van der Waals surface area contributed by atoms with Gasteiger partial charge in [0.2, 0.25) is 5.91 Å². The Morgan fingerprint density at radius 2 is 1.80 bits per heavy atom. The minimum atomic E-state index is -0.258. The molecule has 2 rings (SSSR count). The molecule has 0 unspecified atom stereocenters. The van der Waals surface area contributed by atoms with Gasteiger partial charge >= 0.3 is 0 Å². The van der Waals surface area contributed by atoms with Crippen molar-refractivity contribution in [3.05, 3.63) is 58.6 Å². The average Bonchev–Trinajstić information content (AvgIpc) is 2.54. The van der Waals surface area contributed by atoms with E-state index >= 15 is 0 Å². The van der Waals surface area contributed by atoms with Gasteiger partial charge in [-0.3, -0.25) is 9.59 Å². The summed E-state index contributed by atoms with van der Waals surface area (Å²) >= 11 is 6.01. The molecule has 6 heteroatoms. The van der Waals surface area contributed by atoms with Gasteiger partial charge in [0, 0.05) is 11.1 Å². The number of methoxy groups -OCH3 is 1. The van der Waals surface area contributed by atoms with Gasteiger partial charge in [-0.1, -0.05) is 23.7 Å². The molecule has 0 aliphatic heterocycles. The van der Waals surface area contributed by atoms with Crippen LogP contribution in [0.2, 0.25) is 5.02 Å². The van der Waals surface area contributed by atoms with Gasteiger partial charge in [0.05, 0.1) is 24.8 Å². The number of hydrogen-bond donors (Lipinski definition) is 2. The molecule has 25 heavy (non-hydrogen) atoms. The van der Waals surface area contributed by atoms with Crippen LogP contribution in [-0.4, -0.2) is 25.0 Å². The van der Waals surface area contributed by atoms with E-state index in [1.807, 2.05) is 26.0 Å². The third kappa shape index (κ3) is 5.50. The van der Waals surface area contributed by atoms with Crippen molar-refractivity contribution in [2.24, 2.45) is 0 Å². The second-order valence-electron chi connectivity index (χ2n) is 5.89. The first-order chi connectivity index (χ1) is 11.9. The minimum Gasteiger partial charge on any atom is -0.497 e. The fourth-order valence-electron chi connectivity index (χ4n) is 2.28. The van der Waals surface area contributed by atoms with Crippen LogP contribution in [0.4, 0.5) is 5.69 Å². The topological polar surface area (TPSA) is 67.4 Å². The highest BCUT2D eigenvalue weighted by atomic mass is 35.5. The van der Waals surface area contributed by atoms with Crippen LogP contribution in [-0.2, 0) is 11.2 Å². The van der Waals surface area contributed by atoms with Gasteiger partial charge in [-0.05, 0) is 49.7 Å². The Bertz CT molecular complexity index is 758. The first-order valence-electron chi connectivity index (χ1n) is 7.92. The maximum Gasteiger partial charge on any atom is 0.253 e. The summed E-state index contributed by atoms with van der Waals surface area (Å²) in [5.74, 6) is 0.240. The Morgan fingerprint density at radius 3 is 2.40 bits per heavy atom. The number of ether oxygens (including phenoxy) is 1. The standard InChI is InChI=1S/C19H21ClN2O3/c1-12(2)21-19(24)16-9-6-14(20)11-17(16)22-18(23)10-13-4-7-15(25-3)8-5-13/h4-9,11-12H,10H2,1-3H3,(H,21,24)(H,22,23). The molecule has 2 aromatic rings. The van der Waals surface area contributed by atoms with Crippen LogP contribution in [0.5, 0.6) is 5.75 Å². The Hall–Kier alpha value is -2.53. The number of hydrogen-bond acceptors (Lipinski definition) is 3. The number of amides is 2. The van der Waals surface area contributed by atoms with Crippen LogP contribution in [0.1, 0.15) is 29.8 Å². The maximum atomic E-state index is 12.3. The summed E-state index contributed by atoms with van der Waals surface area (Å²) in [6, 6.07) is 12.0. The van der Waals surface area contributed by atoms with Gasteiger partial charge in [-0.15, -0.1) is 0 Å². The van der Waals surface area contributed by atoms with Crippen molar-refractivity contribution < 1.29 is 14.3 Å². The number of anilines is 1. The predicted octanol–water partition coefficient (Wildman–Crippen LogP) is 3.67. The molecule has 0 spiro atoms. The van der Waals surface area contributed by atoms with Gasteiger partial charge in [-0.25, -0.2) is 0 Å². The zero-order valence-electron chi connectivity index (χ0n) is 14.4. The molecule has 0 radical (unpaired) electrons. The smallest absolute Gasteiger partial charge is 0.253 e. The molecule has 0 fully saturated rings. The van der Waals surface area contributed by atoms with Crippen LogP contribution >= 0.6 is 11.6 Å². The van der Waals surface area contributed by atoms with E-state index in [9.17, 15) is 9.59 Å². The van der Waals surface area contributed by atoms with Crippen molar-refractivity contribution in [2.75, 3.05) is 12.4 Å². The van der Waals surface area contributed by atoms with E-state index in [1.165, 1.54) is 0 Å². The lowest BCUT2D eigenvalue weighted by Gasteiger charge is -2.14. The van der Waals surface area contributed by atoms with Crippen molar-refractivity contribution in [2.45, 2.75) is 26.3 Å². The third-order valence-corrected chi connectivity index (χ3v) is 3.68. The fourth-order valence-corrected chi connectivity index (χ4v) is 2.45. The zero-order valence-corrected chi connectivity index (χ0v) is 15.2. The Kier molecular flexibility index (Phi) is 6.42. The van der Waals surface area contributed by atoms with Crippen molar-refractivity contribution >= 4 is 29.1 Å². The quantitative estimate of drug-likeness (QED) is 0.826. The van der Waals surface area contributed by atoms with E-state index < -0.39 is 0 Å². The molecule has 0 saturated carbocycles. The third-order valence-electron chi connectivity index (χ3n) is 3.44. The summed E-state index contributed by atoms with van der Waals surface area (Å²) in [6.07, 6.45) is 0.182. The van der Waals surface area contributed by atoms with Crippen LogP contribution < -0.4 is 15.4 Å². The number of carbonyl (C=O) groups excluding carboxylic acids is 2. The first-order valence-corrected chi connectivity index (χ1v) is 8.30. The van der Waals surface area contributed by atoms with Gasteiger partial charge in [0.15, 0.2) is 0 Å². The lowest BCUT2D eigenvalue weighted by atomic mass is 10.1. The van der Waals surface area contributed by atoms with E-state index in [-0.39, 0.29) is 24.3 Å². The Morgan fingerprint density at radius 1 is 1.12 bits per heavy atom. The van der Waals surface area contributed by atoms with Crippen LogP contribution in [0, 0.1) is 0 Å². The number of carbonyl (C=O) groups is 2. The molecule has 2 amide bonds. The van der Waals surface area contributed by atoms with E-state index in [4.69, 9.17) is 16.3 Å². The van der Waals surface area contributed by atoms with Crippen molar-refractivity contribution in [1.29, 1.82) is 0 Å². The molecule has 0 aromatic heterocycles. The SMILES string of the molecule is COc1ccc(CC(=O)Nc2cc(Cl)ccc2C(=O)NC(C)C)cc1. The molecule has 0 heterocycles. The summed E-state index contributed by atoms with van der Waals surface area (Å²) in [6.45, 7) is 3.74. The first kappa shape index (κ1) is 18.8. The number of halogens is 1. The van der Waals surface area contributed by atoms with Crippen molar-refractivity contribution in [1.82, 2.24) is 5.32 Å². The molecule has 0 saturated heterocycles. The second-order valence-corrected chi connectivity index (χ2v) is 6.33. The van der Waals surface area contributed by atoms with E-state index in [0.29, 0.717) is 16.3 Å². The van der Waals surface area contributed by atoms with Crippen LogP contribution in [0.25, 0.3) is 0 Å². The number of rotatable bonds is 6. The van der Waals surface area contributed by atoms with E-state index in [1.54, 1.807) is 37.4 Å². The molecule has 0 aliphatic carbocycles. The van der Waals surface area contributed by atoms with Gasteiger partial charge in [0.25, 0.3) is 5.91 Å². The highest BCUT2D eigenvalue weighted by Crippen LogP contribution is 2.22. The molecule has 132 valence electrons. The number of benzene rings is 2. The maximum absolute atomic E-state index is 12.3. The summed E-state index contributed by atoms with van der Waals surface area (Å²) in [4.78, 5) is 24.6. The molecular formula is C19H21ClN2O3. The lowest BCUT2D eigenvalue weighted by Crippen LogP contribution is -2.31. The van der Waals surface area contributed by atoms with E-state index in [0.717, 1.165) is 11.3 Å². The van der Waals surface area contributed by atoms with E-state index in [2.05, 4.69) is 10.6 Å². The molecule has 2 N–H and O–H groups in total. The molecule has 0 aliphatic rings. The Balaban J connectivity index is 2.13. The highest BCUT2D eigenvalue weighted by molar-refractivity contribution is 6.31. The lowest BCUT2D eigenvalue weighted by molar-refractivity contribution is -0.115. The monoisotopic (exact) mass is 360 g/mol. The largest absolute Gasteiger partial charge is 0.497 e.